The standard InChI is InChI=1S/C15H16Cl2N4O/c1-15(2,3)21-13(22)12-6-7-18-14(20-12)19-11-5-4-9(16)8-10(11)17/h4-8H,1-3H3,(H,21,22)(H,18,19,20). The van der Waals surface area contributed by atoms with Gasteiger partial charge in [0.05, 0.1) is 10.7 Å². The van der Waals surface area contributed by atoms with Crippen LogP contribution in [0.15, 0.2) is 30.5 Å². The molecule has 0 aliphatic heterocycles. The first-order valence-electron chi connectivity index (χ1n) is 6.62. The molecule has 0 unspecified atom stereocenters. The third kappa shape index (κ3) is 4.58. The number of nitrogens with one attached hydrogen (secondary N) is 2. The molecule has 0 atom stereocenters. The molecule has 5 nitrogen and oxygen atoms in total. The van der Waals surface area contributed by atoms with Gasteiger partial charge in [0.15, 0.2) is 0 Å². The van der Waals surface area contributed by atoms with Crippen LogP contribution in [-0.2, 0) is 0 Å². The molecule has 1 amide bonds. The highest BCUT2D eigenvalue weighted by Gasteiger charge is 2.17. The van der Waals surface area contributed by atoms with E-state index in [9.17, 15) is 4.79 Å². The predicted octanol–water partition coefficient (Wildman–Crippen LogP) is 4.06. The normalized spacial score (nSPS) is 11.1. The fourth-order valence-corrected chi connectivity index (χ4v) is 2.12. The molecule has 0 aliphatic carbocycles. The second kappa shape index (κ2) is 6.50. The monoisotopic (exact) mass is 338 g/mol. The third-order valence-corrected chi connectivity index (χ3v) is 3.10. The highest BCUT2D eigenvalue weighted by Crippen LogP contribution is 2.27. The molecule has 2 N–H and O–H groups in total. The van der Waals surface area contributed by atoms with Crippen molar-refractivity contribution in [2.45, 2.75) is 26.3 Å². The van der Waals surface area contributed by atoms with Gasteiger partial charge in [-0.3, -0.25) is 4.79 Å². The summed E-state index contributed by atoms with van der Waals surface area (Å²) in [6, 6.07) is 6.58. The van der Waals surface area contributed by atoms with Crippen LogP contribution in [0.5, 0.6) is 0 Å². The first kappa shape index (κ1) is 16.5. The van der Waals surface area contributed by atoms with Crippen molar-refractivity contribution in [1.29, 1.82) is 0 Å². The zero-order valence-electron chi connectivity index (χ0n) is 12.4. The topological polar surface area (TPSA) is 66.9 Å². The zero-order valence-corrected chi connectivity index (χ0v) is 14.0. The van der Waals surface area contributed by atoms with E-state index in [1.165, 1.54) is 6.20 Å². The van der Waals surface area contributed by atoms with Gasteiger partial charge in [0.1, 0.15) is 5.69 Å². The Kier molecular flexibility index (Phi) is 4.88. The highest BCUT2D eigenvalue weighted by molar-refractivity contribution is 6.36. The van der Waals surface area contributed by atoms with Crippen molar-refractivity contribution in [2.24, 2.45) is 0 Å². The molecule has 2 aromatic rings. The minimum atomic E-state index is -0.338. The second-order valence-electron chi connectivity index (χ2n) is 5.72. The van der Waals surface area contributed by atoms with E-state index < -0.39 is 0 Å². The zero-order chi connectivity index (χ0) is 16.3. The molecule has 0 radical (unpaired) electrons. The summed E-state index contributed by atoms with van der Waals surface area (Å²) < 4.78 is 0. The summed E-state index contributed by atoms with van der Waals surface area (Å²) in [6.45, 7) is 5.70. The molecule has 0 fully saturated rings. The Hall–Kier alpha value is -1.85. The molecule has 1 aromatic carbocycles. The molecule has 1 heterocycles. The number of halogens is 2. The predicted molar refractivity (Wildman–Crippen MR) is 89.0 cm³/mol. The number of nitrogens with zero attached hydrogens (tertiary/aromatic N) is 2. The number of amides is 1. The van der Waals surface area contributed by atoms with Crippen LogP contribution in [0.25, 0.3) is 0 Å². The fraction of sp³-hybridized carbons (Fsp3) is 0.267. The van der Waals surface area contributed by atoms with E-state index in [1.807, 2.05) is 20.8 Å². The molecular formula is C15H16Cl2N4O. The van der Waals surface area contributed by atoms with E-state index in [0.29, 0.717) is 15.7 Å². The van der Waals surface area contributed by atoms with E-state index in [0.717, 1.165) is 0 Å². The van der Waals surface area contributed by atoms with Crippen LogP contribution in [0.2, 0.25) is 10.0 Å². The number of hydrogen-bond acceptors (Lipinski definition) is 4. The van der Waals surface area contributed by atoms with Crippen molar-refractivity contribution >= 4 is 40.7 Å². The van der Waals surface area contributed by atoms with Crippen LogP contribution < -0.4 is 10.6 Å². The van der Waals surface area contributed by atoms with Crippen LogP contribution in [0.1, 0.15) is 31.3 Å². The highest BCUT2D eigenvalue weighted by atomic mass is 35.5. The quantitative estimate of drug-likeness (QED) is 0.885. The number of carbonyl (C=O) groups is 1. The molecule has 22 heavy (non-hydrogen) atoms. The summed E-state index contributed by atoms with van der Waals surface area (Å²) in [5, 5.41) is 6.79. The van der Waals surface area contributed by atoms with Crippen molar-refractivity contribution in [3.05, 3.63) is 46.2 Å². The molecule has 0 saturated heterocycles. The molecule has 1 aromatic heterocycles. The van der Waals surface area contributed by atoms with E-state index in [1.54, 1.807) is 24.3 Å². The summed E-state index contributed by atoms with van der Waals surface area (Å²) in [4.78, 5) is 20.4. The average molecular weight is 339 g/mol. The van der Waals surface area contributed by atoms with E-state index in [-0.39, 0.29) is 23.1 Å². The molecule has 7 heteroatoms. The summed E-state index contributed by atoms with van der Waals surface area (Å²) in [6.07, 6.45) is 1.51. The number of rotatable bonds is 3. The number of aromatic nitrogens is 2. The molecule has 0 saturated carbocycles. The third-order valence-electron chi connectivity index (χ3n) is 2.55. The van der Waals surface area contributed by atoms with Crippen LogP contribution in [0.4, 0.5) is 11.6 Å². The van der Waals surface area contributed by atoms with Gasteiger partial charge in [-0.2, -0.15) is 0 Å². The van der Waals surface area contributed by atoms with Gasteiger partial charge in [-0.25, -0.2) is 9.97 Å². The van der Waals surface area contributed by atoms with Gasteiger partial charge in [0.25, 0.3) is 5.91 Å². The number of benzene rings is 1. The molecular weight excluding hydrogens is 323 g/mol. The van der Waals surface area contributed by atoms with Crippen molar-refractivity contribution in [3.63, 3.8) is 0 Å². The maximum Gasteiger partial charge on any atom is 0.270 e. The van der Waals surface area contributed by atoms with Crippen LogP contribution in [0, 0.1) is 0 Å². The van der Waals surface area contributed by atoms with E-state index >= 15 is 0 Å². The van der Waals surface area contributed by atoms with Gasteiger partial charge in [-0.05, 0) is 45.0 Å². The molecule has 0 bridgehead atoms. The van der Waals surface area contributed by atoms with Crippen LogP contribution in [0.3, 0.4) is 0 Å². The Bertz CT molecular complexity index is 698. The maximum absolute atomic E-state index is 12.1. The first-order valence-corrected chi connectivity index (χ1v) is 7.38. The Labute approximate surface area is 139 Å². The summed E-state index contributed by atoms with van der Waals surface area (Å²) in [7, 11) is 0. The lowest BCUT2D eigenvalue weighted by molar-refractivity contribution is 0.0914. The Morgan fingerprint density at radius 1 is 1.18 bits per heavy atom. The summed E-state index contributed by atoms with van der Waals surface area (Å²) >= 11 is 11.9. The Balaban J connectivity index is 2.20. The molecule has 0 aliphatic rings. The van der Waals surface area contributed by atoms with Gasteiger partial charge in [-0.15, -0.1) is 0 Å². The van der Waals surface area contributed by atoms with Crippen molar-refractivity contribution in [3.8, 4) is 0 Å². The number of hydrogen-bond donors (Lipinski definition) is 2. The minimum absolute atomic E-state index is 0.264. The second-order valence-corrected chi connectivity index (χ2v) is 6.56. The molecule has 2 rings (SSSR count). The number of carbonyl (C=O) groups excluding carboxylic acids is 1. The lowest BCUT2D eigenvalue weighted by atomic mass is 10.1. The fourth-order valence-electron chi connectivity index (χ4n) is 1.66. The van der Waals surface area contributed by atoms with Gasteiger partial charge < -0.3 is 10.6 Å². The van der Waals surface area contributed by atoms with E-state index in [4.69, 9.17) is 23.2 Å². The van der Waals surface area contributed by atoms with Gasteiger partial charge in [0.2, 0.25) is 5.95 Å². The van der Waals surface area contributed by atoms with Gasteiger partial charge in [-0.1, -0.05) is 23.2 Å². The van der Waals surface area contributed by atoms with E-state index in [2.05, 4.69) is 20.6 Å². The van der Waals surface area contributed by atoms with Crippen LogP contribution >= 0.6 is 23.2 Å². The Morgan fingerprint density at radius 2 is 1.91 bits per heavy atom. The minimum Gasteiger partial charge on any atom is -0.346 e. The van der Waals surface area contributed by atoms with Gasteiger partial charge in [0, 0.05) is 16.8 Å². The lowest BCUT2D eigenvalue weighted by Gasteiger charge is -2.20. The smallest absolute Gasteiger partial charge is 0.270 e. The Morgan fingerprint density at radius 3 is 2.55 bits per heavy atom. The van der Waals surface area contributed by atoms with Crippen molar-refractivity contribution < 1.29 is 4.79 Å². The maximum atomic E-state index is 12.1. The van der Waals surface area contributed by atoms with Crippen LogP contribution in [-0.4, -0.2) is 21.4 Å². The molecule has 0 spiro atoms. The summed E-state index contributed by atoms with van der Waals surface area (Å²) in [5.74, 6) is 0.0194. The lowest BCUT2D eigenvalue weighted by Crippen LogP contribution is -2.41. The largest absolute Gasteiger partial charge is 0.346 e. The average Bonchev–Trinajstić information content (AvgIpc) is 2.40. The number of anilines is 2. The van der Waals surface area contributed by atoms with Crippen molar-refractivity contribution in [2.75, 3.05) is 5.32 Å². The summed E-state index contributed by atoms with van der Waals surface area (Å²) in [5.41, 5.74) is 0.548. The first-order chi connectivity index (χ1) is 10.2. The SMILES string of the molecule is CC(C)(C)NC(=O)c1ccnc(Nc2ccc(Cl)cc2Cl)n1. The van der Waals surface area contributed by atoms with Crippen molar-refractivity contribution in [1.82, 2.24) is 15.3 Å². The molecule has 116 valence electrons. The van der Waals surface area contributed by atoms with Gasteiger partial charge >= 0.3 is 0 Å².